The third kappa shape index (κ3) is 4.94. The summed E-state index contributed by atoms with van der Waals surface area (Å²) in [5.74, 6) is 0.699. The molecule has 1 aromatic carbocycles. The molecular weight excluding hydrogens is 398 g/mol. The Labute approximate surface area is 179 Å². The number of nitrogens with one attached hydrogen (secondary N) is 1. The average Bonchev–Trinajstić information content (AvgIpc) is 3.46. The molecule has 0 spiro atoms. The molecule has 0 radical (unpaired) electrons. The van der Waals surface area contributed by atoms with Crippen molar-refractivity contribution in [2.45, 2.75) is 6.54 Å². The van der Waals surface area contributed by atoms with Gasteiger partial charge in [0.1, 0.15) is 23.3 Å². The first-order valence-corrected chi connectivity index (χ1v) is 9.17. The van der Waals surface area contributed by atoms with E-state index in [1.807, 2.05) is 18.2 Å². The molecule has 3 heterocycles. The molecule has 1 aliphatic heterocycles. The molecule has 0 saturated carbocycles. The summed E-state index contributed by atoms with van der Waals surface area (Å²) in [5, 5.41) is 2.58. The normalized spacial score (nSPS) is 14.1. The maximum absolute atomic E-state index is 12.6. The number of benzene rings is 1. The molecule has 158 valence electrons. The lowest BCUT2D eigenvalue weighted by Crippen LogP contribution is -2.30. The van der Waals surface area contributed by atoms with Crippen LogP contribution in [-0.4, -0.2) is 33.5 Å². The summed E-state index contributed by atoms with van der Waals surface area (Å²) in [7, 11) is 3.25. The number of furan rings is 1. The van der Waals surface area contributed by atoms with Crippen LogP contribution in [0.2, 0.25) is 0 Å². The van der Waals surface area contributed by atoms with Crippen LogP contribution in [0.1, 0.15) is 11.5 Å². The largest absolute Gasteiger partial charge is 0.457 e. The number of ether oxygens (including phenoxy) is 1. The van der Waals surface area contributed by atoms with Gasteiger partial charge in [-0.1, -0.05) is 6.42 Å². The summed E-state index contributed by atoms with van der Waals surface area (Å²) in [5.41, 5.74) is 8.15. The third-order valence-corrected chi connectivity index (χ3v) is 4.43. The van der Waals surface area contributed by atoms with Crippen molar-refractivity contribution in [3.63, 3.8) is 0 Å². The van der Waals surface area contributed by atoms with E-state index >= 15 is 0 Å². The van der Waals surface area contributed by atoms with Crippen LogP contribution in [0.5, 0.6) is 0 Å². The number of urea groups is 1. The van der Waals surface area contributed by atoms with Crippen molar-refractivity contribution >= 4 is 23.7 Å². The van der Waals surface area contributed by atoms with E-state index in [2.05, 4.69) is 21.5 Å². The number of carbonyl (C=O) groups excluding carboxylic acids is 2. The Balaban J connectivity index is 0.000000628. The van der Waals surface area contributed by atoms with E-state index in [9.17, 15) is 9.59 Å². The number of aromatic nitrogens is 2. The second-order valence-electron chi connectivity index (χ2n) is 6.52. The molecule has 31 heavy (non-hydrogen) atoms. The molecule has 1 fully saturated rings. The van der Waals surface area contributed by atoms with Gasteiger partial charge in [0, 0.05) is 30.6 Å². The number of nitrogens with two attached hydrogens (primary N) is 1. The number of imidazole rings is 1. The fourth-order valence-electron chi connectivity index (χ4n) is 2.79. The Kier molecular flexibility index (Phi) is 6.42. The van der Waals surface area contributed by atoms with Crippen LogP contribution in [0.4, 0.5) is 10.5 Å². The quantitative estimate of drug-likeness (QED) is 0.291. The molecule has 2 aromatic heterocycles. The Morgan fingerprint density at radius 3 is 2.58 bits per heavy atom. The zero-order valence-electron chi connectivity index (χ0n) is 17.0. The Hall–Kier alpha value is -4.45. The van der Waals surface area contributed by atoms with Crippen molar-refractivity contribution in [1.82, 2.24) is 19.8 Å². The molecule has 9 nitrogen and oxygen atoms in total. The van der Waals surface area contributed by atoms with Gasteiger partial charge in [-0.2, -0.15) is 0 Å². The molecule has 3 aromatic rings. The van der Waals surface area contributed by atoms with Crippen LogP contribution < -0.4 is 11.1 Å². The molecule has 1 saturated heterocycles. The molecule has 0 bridgehead atoms. The summed E-state index contributed by atoms with van der Waals surface area (Å²) in [6.07, 6.45) is 11.2. The van der Waals surface area contributed by atoms with E-state index in [4.69, 9.17) is 10.2 Å². The average molecular weight is 419 g/mol. The van der Waals surface area contributed by atoms with Gasteiger partial charge < -0.3 is 24.8 Å². The zero-order valence-corrected chi connectivity index (χ0v) is 17.0. The number of imide groups is 1. The van der Waals surface area contributed by atoms with E-state index in [-0.39, 0.29) is 12.2 Å². The molecule has 3 N–H and O–H groups in total. The van der Waals surface area contributed by atoms with Crippen molar-refractivity contribution in [3.8, 4) is 23.9 Å². The van der Waals surface area contributed by atoms with Crippen molar-refractivity contribution in [2.75, 3.05) is 12.8 Å². The molecule has 0 atom stereocenters. The molecular formula is C22H21N5O4. The summed E-state index contributed by atoms with van der Waals surface area (Å²) in [6.45, 7) is 0.146. The number of anilines is 1. The highest BCUT2D eigenvalue weighted by molar-refractivity contribution is 6.13. The first-order chi connectivity index (χ1) is 14.9. The SMILES string of the molecule is C#COC.Cn1cncc1CN1C(=O)N/C(=C/c2ccc(-c3ccc(N)cc3)o2)C1=O. The van der Waals surface area contributed by atoms with Gasteiger partial charge in [-0.3, -0.25) is 9.69 Å². The maximum Gasteiger partial charge on any atom is 0.329 e. The first-order valence-electron chi connectivity index (χ1n) is 9.17. The molecule has 0 aliphatic carbocycles. The lowest BCUT2D eigenvalue weighted by Gasteiger charge is -2.11. The molecule has 4 rings (SSSR count). The van der Waals surface area contributed by atoms with Gasteiger partial charge in [-0.05, 0) is 36.4 Å². The summed E-state index contributed by atoms with van der Waals surface area (Å²) < 4.78 is 11.6. The van der Waals surface area contributed by atoms with Crippen LogP contribution in [0.15, 0.2) is 59.0 Å². The predicted octanol–water partition coefficient (Wildman–Crippen LogP) is 2.58. The second kappa shape index (κ2) is 9.37. The van der Waals surface area contributed by atoms with Crippen molar-refractivity contribution < 1.29 is 18.7 Å². The predicted molar refractivity (Wildman–Crippen MR) is 115 cm³/mol. The number of carbonyl (C=O) groups is 2. The van der Waals surface area contributed by atoms with Crippen LogP contribution in [0.25, 0.3) is 17.4 Å². The third-order valence-electron chi connectivity index (χ3n) is 4.43. The monoisotopic (exact) mass is 419 g/mol. The number of nitrogens with zero attached hydrogens (tertiary/aromatic N) is 3. The van der Waals surface area contributed by atoms with Crippen molar-refractivity contribution in [2.24, 2.45) is 7.05 Å². The molecule has 1 aliphatic rings. The standard InChI is InChI=1S/C19H17N5O3.C3H4O/c1-23-11-21-9-14(23)10-24-18(25)16(22-19(24)26)8-15-6-7-17(27-15)12-2-4-13(20)5-3-12;1-3-4-2/h2-9,11H,10,20H2,1H3,(H,22,26);1H,2H3/b16-8+;. The molecule has 0 unspecified atom stereocenters. The van der Waals surface area contributed by atoms with Gasteiger partial charge >= 0.3 is 6.03 Å². The Bertz CT molecular complexity index is 1150. The van der Waals surface area contributed by atoms with Gasteiger partial charge in [0.25, 0.3) is 5.91 Å². The summed E-state index contributed by atoms with van der Waals surface area (Å²) >= 11 is 0. The summed E-state index contributed by atoms with van der Waals surface area (Å²) in [6, 6.07) is 10.3. The number of nitrogen functional groups attached to an aromatic ring is 1. The van der Waals surface area contributed by atoms with E-state index in [0.29, 0.717) is 17.2 Å². The lowest BCUT2D eigenvalue weighted by molar-refractivity contribution is -0.123. The van der Waals surface area contributed by atoms with Gasteiger partial charge in [-0.15, -0.1) is 0 Å². The second-order valence-corrected chi connectivity index (χ2v) is 6.52. The fourth-order valence-corrected chi connectivity index (χ4v) is 2.79. The van der Waals surface area contributed by atoms with Crippen LogP contribution >= 0.6 is 0 Å². The van der Waals surface area contributed by atoms with Crippen molar-refractivity contribution in [1.29, 1.82) is 0 Å². The number of terminal acetylenes is 1. The Morgan fingerprint density at radius 2 is 1.97 bits per heavy atom. The van der Waals surface area contributed by atoms with E-state index in [0.717, 1.165) is 16.2 Å². The fraction of sp³-hybridized carbons (Fsp3) is 0.136. The first kappa shape index (κ1) is 21.3. The van der Waals surface area contributed by atoms with Gasteiger partial charge in [-0.25, -0.2) is 9.78 Å². The Morgan fingerprint density at radius 1 is 1.26 bits per heavy atom. The van der Waals surface area contributed by atoms with Crippen molar-refractivity contribution in [3.05, 3.63) is 66.1 Å². The minimum absolute atomic E-state index is 0.146. The number of amides is 3. The van der Waals surface area contributed by atoms with E-state index in [1.54, 1.807) is 48.4 Å². The number of rotatable bonds is 4. The van der Waals surface area contributed by atoms with Gasteiger partial charge in [0.2, 0.25) is 0 Å². The number of hydrogen-bond donors (Lipinski definition) is 2. The van der Waals surface area contributed by atoms with Crippen LogP contribution in [0, 0.1) is 12.5 Å². The van der Waals surface area contributed by atoms with Gasteiger partial charge in [0.05, 0.1) is 25.7 Å². The van der Waals surface area contributed by atoms with Crippen LogP contribution in [-0.2, 0) is 23.1 Å². The topological polar surface area (TPSA) is 116 Å². The minimum Gasteiger partial charge on any atom is -0.457 e. The highest BCUT2D eigenvalue weighted by Crippen LogP contribution is 2.25. The van der Waals surface area contributed by atoms with Crippen LogP contribution in [0.3, 0.4) is 0 Å². The number of methoxy groups -OCH3 is 1. The zero-order chi connectivity index (χ0) is 22.4. The highest BCUT2D eigenvalue weighted by Gasteiger charge is 2.34. The van der Waals surface area contributed by atoms with Gasteiger partial charge in [0.15, 0.2) is 0 Å². The number of hydrogen-bond acceptors (Lipinski definition) is 6. The minimum atomic E-state index is -0.474. The highest BCUT2D eigenvalue weighted by atomic mass is 16.5. The lowest BCUT2D eigenvalue weighted by atomic mass is 10.1. The summed E-state index contributed by atoms with van der Waals surface area (Å²) in [4.78, 5) is 29.8. The molecule has 9 heteroatoms. The smallest absolute Gasteiger partial charge is 0.329 e. The maximum atomic E-state index is 12.6. The van der Waals surface area contributed by atoms with E-state index in [1.165, 1.54) is 13.2 Å². The molecule has 3 amide bonds. The number of aryl methyl sites for hydroxylation is 1. The van der Waals surface area contributed by atoms with E-state index < -0.39 is 11.9 Å².